The predicted octanol–water partition coefficient (Wildman–Crippen LogP) is 4.48. The average Bonchev–Trinajstić information content (AvgIpc) is 2.85. The van der Waals surface area contributed by atoms with Gasteiger partial charge in [0.05, 0.1) is 19.6 Å². The van der Waals surface area contributed by atoms with Gasteiger partial charge in [-0.2, -0.15) is 0 Å². The maximum absolute atomic E-state index is 13.3. The lowest BCUT2D eigenvalue weighted by molar-refractivity contribution is -0.153. The fourth-order valence-corrected chi connectivity index (χ4v) is 4.61. The van der Waals surface area contributed by atoms with Gasteiger partial charge in [0, 0.05) is 30.2 Å². The number of aryl methyl sites for hydroxylation is 1. The maximum Gasteiger partial charge on any atom is 0.254 e. The van der Waals surface area contributed by atoms with E-state index in [0.29, 0.717) is 22.9 Å². The van der Waals surface area contributed by atoms with Crippen LogP contribution in [0, 0.1) is 12.7 Å². The third-order valence-corrected chi connectivity index (χ3v) is 6.86. The Bertz CT molecular complexity index is 1030. The number of benzene rings is 2. The van der Waals surface area contributed by atoms with E-state index >= 15 is 0 Å². The Morgan fingerprint density at radius 2 is 1.79 bits per heavy atom. The van der Waals surface area contributed by atoms with E-state index in [2.05, 4.69) is 0 Å². The Kier molecular flexibility index (Phi) is 7.73. The summed E-state index contributed by atoms with van der Waals surface area (Å²) in [7, 11) is 0. The molecule has 182 valence electrons. The van der Waals surface area contributed by atoms with Crippen LogP contribution in [0.15, 0.2) is 42.5 Å². The van der Waals surface area contributed by atoms with E-state index < -0.39 is 11.4 Å². The van der Waals surface area contributed by atoms with Crippen LogP contribution in [0.1, 0.15) is 41.6 Å². The van der Waals surface area contributed by atoms with Gasteiger partial charge in [0.1, 0.15) is 23.8 Å². The number of hydrogen-bond donors (Lipinski definition) is 0. The number of morpholine rings is 1. The summed E-state index contributed by atoms with van der Waals surface area (Å²) >= 11 is 6.14. The van der Waals surface area contributed by atoms with Crippen LogP contribution in [-0.4, -0.2) is 66.6 Å². The van der Waals surface area contributed by atoms with Gasteiger partial charge in [-0.3, -0.25) is 9.59 Å². The molecule has 0 unspecified atom stereocenters. The first-order valence-electron chi connectivity index (χ1n) is 11.7. The van der Waals surface area contributed by atoms with Gasteiger partial charge in [-0.15, -0.1) is 0 Å². The van der Waals surface area contributed by atoms with Gasteiger partial charge in [0.15, 0.2) is 0 Å². The van der Waals surface area contributed by atoms with Gasteiger partial charge in [-0.25, -0.2) is 4.39 Å². The van der Waals surface area contributed by atoms with Crippen LogP contribution in [0.25, 0.3) is 0 Å². The molecule has 2 aliphatic rings. The highest BCUT2D eigenvalue weighted by atomic mass is 35.5. The molecule has 6 nitrogen and oxygen atoms in total. The smallest absolute Gasteiger partial charge is 0.254 e. The van der Waals surface area contributed by atoms with Crippen molar-refractivity contribution >= 4 is 23.4 Å². The van der Waals surface area contributed by atoms with E-state index in [1.165, 1.54) is 24.3 Å². The molecule has 1 atom stereocenters. The highest BCUT2D eigenvalue weighted by molar-refractivity contribution is 6.31. The number of ether oxygens (including phenoxy) is 2. The van der Waals surface area contributed by atoms with Gasteiger partial charge in [-0.1, -0.05) is 11.6 Å². The molecule has 8 heteroatoms. The summed E-state index contributed by atoms with van der Waals surface area (Å²) in [6.45, 7) is 4.36. The second-order valence-corrected chi connectivity index (χ2v) is 9.49. The van der Waals surface area contributed by atoms with Gasteiger partial charge >= 0.3 is 0 Å². The first-order chi connectivity index (χ1) is 16.3. The molecular formula is C26H30ClFN2O4. The zero-order valence-electron chi connectivity index (χ0n) is 19.4. The number of carbonyl (C=O) groups is 2. The number of rotatable bonds is 6. The minimum absolute atomic E-state index is 0.00617. The van der Waals surface area contributed by atoms with E-state index in [-0.39, 0.29) is 38.0 Å². The largest absolute Gasteiger partial charge is 0.490 e. The lowest BCUT2D eigenvalue weighted by atomic mass is 9.95. The van der Waals surface area contributed by atoms with E-state index in [4.69, 9.17) is 21.1 Å². The zero-order chi connectivity index (χ0) is 24.1. The SMILES string of the molecule is Cc1cc(OC[C@]2(CC(=O)N3CCCCC3)CN(C(=O)c3ccc(F)cc3)CCO2)ccc1Cl. The number of hydrogen-bond acceptors (Lipinski definition) is 4. The van der Waals surface area contributed by atoms with Crippen molar-refractivity contribution in [2.45, 2.75) is 38.2 Å². The topological polar surface area (TPSA) is 59.1 Å². The maximum atomic E-state index is 13.3. The molecule has 2 aliphatic heterocycles. The quantitative estimate of drug-likeness (QED) is 0.601. The molecule has 0 spiro atoms. The summed E-state index contributed by atoms with van der Waals surface area (Å²) in [4.78, 5) is 29.9. The first-order valence-corrected chi connectivity index (χ1v) is 12.1. The van der Waals surface area contributed by atoms with Crippen molar-refractivity contribution in [2.24, 2.45) is 0 Å². The van der Waals surface area contributed by atoms with Crippen molar-refractivity contribution in [1.82, 2.24) is 9.80 Å². The zero-order valence-corrected chi connectivity index (χ0v) is 20.2. The normalized spacial score (nSPS) is 20.8. The van der Waals surface area contributed by atoms with Crippen molar-refractivity contribution < 1.29 is 23.5 Å². The summed E-state index contributed by atoms with van der Waals surface area (Å²) in [5, 5.41) is 0.646. The lowest BCUT2D eigenvalue weighted by Crippen LogP contribution is -2.58. The Morgan fingerprint density at radius 3 is 2.50 bits per heavy atom. The Labute approximate surface area is 204 Å². The van der Waals surface area contributed by atoms with Crippen molar-refractivity contribution in [3.05, 3.63) is 64.4 Å². The molecule has 2 saturated heterocycles. The molecule has 4 rings (SSSR count). The molecule has 0 aliphatic carbocycles. The van der Waals surface area contributed by atoms with Crippen LogP contribution < -0.4 is 4.74 Å². The lowest BCUT2D eigenvalue weighted by Gasteiger charge is -2.43. The summed E-state index contributed by atoms with van der Waals surface area (Å²) in [6, 6.07) is 10.9. The van der Waals surface area contributed by atoms with Crippen molar-refractivity contribution in [2.75, 3.05) is 39.4 Å². The molecule has 2 aromatic carbocycles. The summed E-state index contributed by atoms with van der Waals surface area (Å²) in [6.07, 6.45) is 3.24. The first kappa shape index (κ1) is 24.5. The third kappa shape index (κ3) is 5.88. The van der Waals surface area contributed by atoms with Crippen LogP contribution in [0.2, 0.25) is 5.02 Å². The minimum atomic E-state index is -0.990. The fraction of sp³-hybridized carbons (Fsp3) is 0.462. The number of halogens is 2. The van der Waals surface area contributed by atoms with Crippen LogP contribution in [0.4, 0.5) is 4.39 Å². The third-order valence-electron chi connectivity index (χ3n) is 6.44. The monoisotopic (exact) mass is 488 g/mol. The standard InChI is InChI=1S/C26H30ClFN2O4/c1-19-15-22(9-10-23(19)27)33-18-26(16-24(31)29-11-3-2-4-12-29)17-30(13-14-34-26)25(32)20-5-7-21(28)8-6-20/h5-10,15H,2-4,11-14,16-18H2,1H3/t26-/m0/s1. The minimum Gasteiger partial charge on any atom is -0.490 e. The second-order valence-electron chi connectivity index (χ2n) is 9.08. The Hall–Kier alpha value is -2.64. The van der Waals surface area contributed by atoms with Crippen LogP contribution in [0.3, 0.4) is 0 Å². The molecule has 34 heavy (non-hydrogen) atoms. The number of carbonyl (C=O) groups excluding carboxylic acids is 2. The van der Waals surface area contributed by atoms with Crippen molar-refractivity contribution in [3.8, 4) is 5.75 Å². The molecule has 0 N–H and O–H groups in total. The molecule has 0 bridgehead atoms. The highest BCUT2D eigenvalue weighted by Crippen LogP contribution is 2.28. The summed E-state index contributed by atoms with van der Waals surface area (Å²) < 4.78 is 25.6. The predicted molar refractivity (Wildman–Crippen MR) is 128 cm³/mol. The molecule has 0 radical (unpaired) electrons. The van der Waals surface area contributed by atoms with Gasteiger partial charge < -0.3 is 19.3 Å². The van der Waals surface area contributed by atoms with Crippen LogP contribution in [-0.2, 0) is 9.53 Å². The van der Waals surface area contributed by atoms with Gasteiger partial charge in [0.2, 0.25) is 5.91 Å². The summed E-state index contributed by atoms with van der Waals surface area (Å²) in [5.74, 6) is 0.0102. The molecule has 2 aromatic rings. The van der Waals surface area contributed by atoms with Gasteiger partial charge in [-0.05, 0) is 74.2 Å². The number of nitrogens with zero attached hydrogens (tertiary/aromatic N) is 2. The second kappa shape index (κ2) is 10.7. The van der Waals surface area contributed by atoms with E-state index in [1.54, 1.807) is 17.0 Å². The average molecular weight is 489 g/mol. The molecule has 2 heterocycles. The Morgan fingerprint density at radius 1 is 1.06 bits per heavy atom. The van der Waals surface area contributed by atoms with E-state index in [0.717, 1.165) is 37.9 Å². The molecule has 0 aromatic heterocycles. The summed E-state index contributed by atoms with van der Waals surface area (Å²) in [5.41, 5.74) is 0.291. The van der Waals surface area contributed by atoms with Crippen molar-refractivity contribution in [3.63, 3.8) is 0 Å². The van der Waals surface area contributed by atoms with E-state index in [9.17, 15) is 14.0 Å². The number of amides is 2. The van der Waals surface area contributed by atoms with E-state index in [1.807, 2.05) is 17.9 Å². The van der Waals surface area contributed by atoms with Crippen LogP contribution >= 0.6 is 11.6 Å². The van der Waals surface area contributed by atoms with Gasteiger partial charge in [0.25, 0.3) is 5.91 Å². The molecule has 0 saturated carbocycles. The molecule has 2 fully saturated rings. The molecule has 2 amide bonds. The van der Waals surface area contributed by atoms with Crippen LogP contribution in [0.5, 0.6) is 5.75 Å². The highest BCUT2D eigenvalue weighted by Gasteiger charge is 2.42. The fourth-order valence-electron chi connectivity index (χ4n) is 4.49. The van der Waals surface area contributed by atoms with Crippen molar-refractivity contribution in [1.29, 1.82) is 0 Å². The number of piperidine rings is 1. The molecular weight excluding hydrogens is 459 g/mol. The Balaban J connectivity index is 1.53. The number of likely N-dealkylation sites (tertiary alicyclic amines) is 1.